The minimum Gasteiger partial charge on any atom is -0.354 e. The Morgan fingerprint density at radius 2 is 2.12 bits per heavy atom. The van der Waals surface area contributed by atoms with Gasteiger partial charge in [-0.3, -0.25) is 4.79 Å². The lowest BCUT2D eigenvalue weighted by molar-refractivity contribution is -0.125. The normalized spacial score (nSPS) is 22.2. The molecule has 1 aliphatic heterocycles. The molecule has 1 saturated heterocycles. The second-order valence-electron chi connectivity index (χ2n) is 5.29. The molecule has 0 aromatic rings. The first-order valence-electron chi connectivity index (χ1n) is 5.92. The lowest BCUT2D eigenvalue weighted by Crippen LogP contribution is -2.47. The maximum absolute atomic E-state index is 11.8. The fourth-order valence-corrected chi connectivity index (χ4v) is 1.99. The van der Waals surface area contributed by atoms with Crippen molar-refractivity contribution in [2.45, 2.75) is 31.4 Å². The number of rotatable bonds is 4. The first-order valence-corrected chi connectivity index (χ1v) is 7.81. The molecule has 0 aromatic heterocycles. The monoisotopic (exact) mass is 262 g/mol. The van der Waals surface area contributed by atoms with Crippen molar-refractivity contribution in [1.82, 2.24) is 10.6 Å². The van der Waals surface area contributed by atoms with Crippen molar-refractivity contribution >= 4 is 15.7 Å². The van der Waals surface area contributed by atoms with Gasteiger partial charge in [-0.2, -0.15) is 0 Å². The molecule has 1 fully saturated rings. The van der Waals surface area contributed by atoms with E-state index in [4.69, 9.17) is 0 Å². The van der Waals surface area contributed by atoms with Gasteiger partial charge in [0, 0.05) is 19.3 Å². The van der Waals surface area contributed by atoms with Gasteiger partial charge in [0.1, 0.15) is 0 Å². The van der Waals surface area contributed by atoms with Crippen LogP contribution in [0.5, 0.6) is 0 Å². The van der Waals surface area contributed by atoms with Crippen LogP contribution in [0.2, 0.25) is 0 Å². The molecule has 1 aliphatic rings. The Morgan fingerprint density at radius 3 is 2.59 bits per heavy atom. The highest BCUT2D eigenvalue weighted by Crippen LogP contribution is 2.15. The number of hydrogen-bond acceptors (Lipinski definition) is 4. The van der Waals surface area contributed by atoms with Gasteiger partial charge in [-0.25, -0.2) is 8.42 Å². The van der Waals surface area contributed by atoms with Gasteiger partial charge in [0.25, 0.3) is 0 Å². The highest BCUT2D eigenvalue weighted by atomic mass is 32.2. The average Bonchev–Trinajstić information content (AvgIpc) is 2.25. The molecule has 17 heavy (non-hydrogen) atoms. The summed E-state index contributed by atoms with van der Waals surface area (Å²) in [5.74, 6) is -0.0759. The van der Waals surface area contributed by atoms with Crippen LogP contribution in [0, 0.1) is 5.92 Å². The number of hydrogen-bond donors (Lipinski definition) is 2. The summed E-state index contributed by atoms with van der Waals surface area (Å²) >= 11 is 0. The third-order valence-corrected chi connectivity index (χ3v) is 5.51. The van der Waals surface area contributed by atoms with Crippen LogP contribution >= 0.6 is 0 Å². The fraction of sp³-hybridized carbons (Fsp3) is 0.909. The summed E-state index contributed by atoms with van der Waals surface area (Å²) in [6.45, 7) is 5.06. The third kappa shape index (κ3) is 3.96. The van der Waals surface area contributed by atoms with Gasteiger partial charge in [0.2, 0.25) is 5.91 Å². The second-order valence-corrected chi connectivity index (χ2v) is 7.94. The van der Waals surface area contributed by atoms with Crippen LogP contribution in [-0.2, 0) is 14.6 Å². The summed E-state index contributed by atoms with van der Waals surface area (Å²) < 4.78 is 22.0. The first kappa shape index (κ1) is 14.4. The molecule has 1 unspecified atom stereocenters. The Hall–Kier alpha value is -0.620. The van der Waals surface area contributed by atoms with Crippen molar-refractivity contribution in [1.29, 1.82) is 0 Å². The Morgan fingerprint density at radius 1 is 1.47 bits per heavy atom. The zero-order valence-corrected chi connectivity index (χ0v) is 11.6. The quantitative estimate of drug-likeness (QED) is 0.743. The fourth-order valence-electron chi connectivity index (χ4n) is 1.65. The molecule has 100 valence electrons. The Labute approximate surface area is 103 Å². The Balaban J connectivity index is 2.47. The standard InChI is InChI=1S/C11H22N2O3S/c1-11(2,17(3,15)16)8-13-10(14)9-5-4-6-12-7-9/h9,12H,4-8H2,1-3H3,(H,13,14). The molecule has 1 rings (SSSR count). The highest BCUT2D eigenvalue weighted by Gasteiger charge is 2.31. The van der Waals surface area contributed by atoms with E-state index in [-0.39, 0.29) is 18.4 Å². The molecule has 0 aliphatic carbocycles. The van der Waals surface area contributed by atoms with E-state index in [2.05, 4.69) is 10.6 Å². The lowest BCUT2D eigenvalue weighted by Gasteiger charge is -2.26. The summed E-state index contributed by atoms with van der Waals surface area (Å²) in [5.41, 5.74) is 0. The van der Waals surface area contributed by atoms with Crippen LogP contribution in [0.25, 0.3) is 0 Å². The van der Waals surface area contributed by atoms with Crippen molar-refractivity contribution in [3.63, 3.8) is 0 Å². The Bertz CT molecular complexity index is 370. The molecule has 0 aromatic carbocycles. The Kier molecular flexibility index (Phi) is 4.55. The highest BCUT2D eigenvalue weighted by molar-refractivity contribution is 7.92. The lowest BCUT2D eigenvalue weighted by atomic mass is 9.98. The van der Waals surface area contributed by atoms with Gasteiger partial charge < -0.3 is 10.6 Å². The summed E-state index contributed by atoms with van der Waals surface area (Å²) in [6.07, 6.45) is 3.06. The van der Waals surface area contributed by atoms with Crippen molar-refractivity contribution < 1.29 is 13.2 Å². The molecular weight excluding hydrogens is 240 g/mol. The number of amides is 1. The van der Waals surface area contributed by atoms with E-state index < -0.39 is 14.6 Å². The zero-order valence-electron chi connectivity index (χ0n) is 10.7. The van der Waals surface area contributed by atoms with Crippen LogP contribution in [0.4, 0.5) is 0 Å². The molecule has 6 heteroatoms. The van der Waals surface area contributed by atoms with Crippen LogP contribution in [0.15, 0.2) is 0 Å². The smallest absolute Gasteiger partial charge is 0.224 e. The number of carbonyl (C=O) groups excluding carboxylic acids is 1. The van der Waals surface area contributed by atoms with Crippen LogP contribution in [0.3, 0.4) is 0 Å². The van der Waals surface area contributed by atoms with E-state index in [1.165, 1.54) is 6.26 Å². The molecule has 1 atom stereocenters. The van der Waals surface area contributed by atoms with Gasteiger partial charge in [-0.15, -0.1) is 0 Å². The minimum atomic E-state index is -3.16. The molecule has 0 saturated carbocycles. The second kappa shape index (κ2) is 5.35. The topological polar surface area (TPSA) is 75.3 Å². The molecule has 2 N–H and O–H groups in total. The van der Waals surface area contributed by atoms with Gasteiger partial charge >= 0.3 is 0 Å². The molecular formula is C11H22N2O3S. The number of nitrogens with one attached hydrogen (secondary N) is 2. The SMILES string of the molecule is CC(C)(CNC(=O)C1CCCNC1)S(C)(=O)=O. The number of piperidine rings is 1. The molecule has 0 bridgehead atoms. The van der Waals surface area contributed by atoms with E-state index in [1.807, 2.05) is 0 Å². The van der Waals surface area contributed by atoms with Crippen LogP contribution in [0.1, 0.15) is 26.7 Å². The first-order chi connectivity index (χ1) is 7.74. The molecule has 0 spiro atoms. The summed E-state index contributed by atoms with van der Waals surface area (Å²) in [5, 5.41) is 5.91. The van der Waals surface area contributed by atoms with Crippen molar-refractivity contribution in [2.24, 2.45) is 5.92 Å². The van der Waals surface area contributed by atoms with E-state index in [0.717, 1.165) is 19.4 Å². The summed E-state index contributed by atoms with van der Waals surface area (Å²) in [7, 11) is -3.16. The number of carbonyl (C=O) groups is 1. The molecule has 5 nitrogen and oxygen atoms in total. The van der Waals surface area contributed by atoms with Gasteiger partial charge in [-0.1, -0.05) is 0 Å². The largest absolute Gasteiger partial charge is 0.354 e. The van der Waals surface area contributed by atoms with Gasteiger partial charge in [0.05, 0.1) is 10.7 Å². The zero-order chi connectivity index (χ0) is 13.1. The average molecular weight is 262 g/mol. The van der Waals surface area contributed by atoms with Crippen molar-refractivity contribution in [3.05, 3.63) is 0 Å². The molecule has 0 radical (unpaired) electrons. The van der Waals surface area contributed by atoms with E-state index in [1.54, 1.807) is 13.8 Å². The van der Waals surface area contributed by atoms with Crippen LogP contribution < -0.4 is 10.6 Å². The van der Waals surface area contributed by atoms with Crippen LogP contribution in [-0.4, -0.2) is 45.0 Å². The summed E-state index contributed by atoms with van der Waals surface area (Å²) in [4.78, 5) is 11.8. The van der Waals surface area contributed by atoms with E-state index >= 15 is 0 Å². The molecule has 1 heterocycles. The number of sulfone groups is 1. The predicted octanol–water partition coefficient (Wildman–Crippen LogP) is -0.0746. The third-order valence-electron chi connectivity index (χ3n) is 3.36. The summed E-state index contributed by atoms with van der Waals surface area (Å²) in [6, 6.07) is 0. The van der Waals surface area contributed by atoms with E-state index in [9.17, 15) is 13.2 Å². The maximum atomic E-state index is 11.8. The van der Waals surface area contributed by atoms with Gasteiger partial charge in [-0.05, 0) is 33.2 Å². The van der Waals surface area contributed by atoms with Gasteiger partial charge in [0.15, 0.2) is 9.84 Å². The van der Waals surface area contributed by atoms with Crippen molar-refractivity contribution in [2.75, 3.05) is 25.9 Å². The predicted molar refractivity (Wildman–Crippen MR) is 67.5 cm³/mol. The maximum Gasteiger partial charge on any atom is 0.224 e. The minimum absolute atomic E-state index is 0.0286. The van der Waals surface area contributed by atoms with E-state index in [0.29, 0.717) is 6.54 Å². The molecule has 1 amide bonds. The van der Waals surface area contributed by atoms with Crippen molar-refractivity contribution in [3.8, 4) is 0 Å².